The number of rotatable bonds is 7. The van der Waals surface area contributed by atoms with Crippen LogP contribution in [0.3, 0.4) is 0 Å². The molecule has 1 aliphatic rings. The van der Waals surface area contributed by atoms with Gasteiger partial charge in [0.25, 0.3) is 0 Å². The number of ether oxygens (including phenoxy) is 2. The summed E-state index contributed by atoms with van der Waals surface area (Å²) in [6.45, 7) is 7.02. The number of hydrogen-bond donors (Lipinski definition) is 1. The first-order valence-corrected chi connectivity index (χ1v) is 9.11. The average Bonchev–Trinajstić information content (AvgIpc) is 3.07. The quantitative estimate of drug-likeness (QED) is 0.600. The number of nitrogens with one attached hydrogen (secondary N) is 1. The van der Waals surface area contributed by atoms with Crippen LogP contribution in [0.2, 0.25) is 0 Å². The molecule has 2 heterocycles. The zero-order valence-electron chi connectivity index (χ0n) is 15.5. The zero-order valence-corrected chi connectivity index (χ0v) is 15.5. The Morgan fingerprint density at radius 1 is 1.32 bits per heavy atom. The number of aromatic nitrogens is 1. The highest BCUT2D eigenvalue weighted by Crippen LogP contribution is 2.23. The fourth-order valence-electron chi connectivity index (χ4n) is 3.03. The highest BCUT2D eigenvalue weighted by atomic mass is 16.6. The molecule has 1 atom stereocenters. The second-order valence-corrected chi connectivity index (χ2v) is 7.53. The standard InChI is InChI=1S/C19H30N2O4/c1-19(2,3)25-18(23)21-12-5-4-8-15(21)9-7-13-24-14-17(22)16-10-6-11-20-16/h6,10-11,15,20H,4-5,7-9,12-14H2,1-3H3. The monoisotopic (exact) mass is 350 g/mol. The lowest BCUT2D eigenvalue weighted by Gasteiger charge is -2.36. The van der Waals surface area contributed by atoms with Gasteiger partial charge in [-0.2, -0.15) is 0 Å². The van der Waals surface area contributed by atoms with Crippen LogP contribution in [0.4, 0.5) is 4.79 Å². The summed E-state index contributed by atoms with van der Waals surface area (Å²) in [5, 5.41) is 0. The van der Waals surface area contributed by atoms with Crippen molar-refractivity contribution in [1.29, 1.82) is 0 Å². The summed E-state index contributed by atoms with van der Waals surface area (Å²) in [4.78, 5) is 28.9. The number of piperidine rings is 1. The highest BCUT2D eigenvalue weighted by Gasteiger charge is 2.29. The van der Waals surface area contributed by atoms with Gasteiger partial charge in [0.05, 0.1) is 5.69 Å². The minimum Gasteiger partial charge on any atom is -0.444 e. The van der Waals surface area contributed by atoms with Crippen molar-refractivity contribution in [3.8, 4) is 0 Å². The molecule has 6 heteroatoms. The first-order valence-electron chi connectivity index (χ1n) is 9.11. The number of carbonyl (C=O) groups excluding carboxylic acids is 2. The maximum atomic E-state index is 12.4. The van der Waals surface area contributed by atoms with Crippen LogP contribution < -0.4 is 0 Å². The molecule has 0 bridgehead atoms. The van der Waals surface area contributed by atoms with Gasteiger partial charge in [-0.3, -0.25) is 4.79 Å². The van der Waals surface area contributed by atoms with Gasteiger partial charge in [-0.25, -0.2) is 4.79 Å². The maximum Gasteiger partial charge on any atom is 0.410 e. The summed E-state index contributed by atoms with van der Waals surface area (Å²) in [5.41, 5.74) is 0.101. The topological polar surface area (TPSA) is 71.6 Å². The van der Waals surface area contributed by atoms with Crippen LogP contribution in [-0.4, -0.2) is 53.2 Å². The van der Waals surface area contributed by atoms with E-state index in [1.807, 2.05) is 25.7 Å². The van der Waals surface area contributed by atoms with Gasteiger partial charge in [-0.1, -0.05) is 0 Å². The number of aromatic amines is 1. The lowest BCUT2D eigenvalue weighted by molar-refractivity contribution is 0.00759. The third-order valence-corrected chi connectivity index (χ3v) is 4.21. The van der Waals surface area contributed by atoms with Gasteiger partial charge in [0.2, 0.25) is 5.78 Å². The molecule has 1 aromatic heterocycles. The van der Waals surface area contributed by atoms with Gasteiger partial charge in [0, 0.05) is 25.4 Å². The SMILES string of the molecule is CC(C)(C)OC(=O)N1CCCCC1CCCOCC(=O)c1ccc[nH]1. The van der Waals surface area contributed by atoms with Gasteiger partial charge in [-0.15, -0.1) is 0 Å². The predicted molar refractivity (Wildman–Crippen MR) is 95.8 cm³/mol. The molecule has 2 rings (SSSR count). The predicted octanol–water partition coefficient (Wildman–Crippen LogP) is 3.78. The maximum absolute atomic E-state index is 12.4. The van der Waals surface area contributed by atoms with Crippen molar-refractivity contribution in [1.82, 2.24) is 9.88 Å². The number of amides is 1. The molecule has 1 amide bonds. The molecule has 1 aliphatic heterocycles. The number of H-pyrrole nitrogens is 1. The number of likely N-dealkylation sites (tertiary alicyclic amines) is 1. The van der Waals surface area contributed by atoms with Gasteiger partial charge < -0.3 is 19.4 Å². The number of ketones is 1. The van der Waals surface area contributed by atoms with E-state index in [0.29, 0.717) is 12.3 Å². The Morgan fingerprint density at radius 2 is 2.12 bits per heavy atom. The molecule has 1 unspecified atom stereocenters. The van der Waals surface area contributed by atoms with E-state index in [0.717, 1.165) is 38.6 Å². The Hall–Kier alpha value is -1.82. The third-order valence-electron chi connectivity index (χ3n) is 4.21. The molecule has 0 saturated carbocycles. The summed E-state index contributed by atoms with van der Waals surface area (Å²) < 4.78 is 11.0. The van der Waals surface area contributed by atoms with Gasteiger partial charge in [-0.05, 0) is 65.0 Å². The molecule has 6 nitrogen and oxygen atoms in total. The van der Waals surface area contributed by atoms with Crippen LogP contribution in [0.5, 0.6) is 0 Å². The lowest BCUT2D eigenvalue weighted by atomic mass is 9.98. The van der Waals surface area contributed by atoms with Crippen LogP contribution in [-0.2, 0) is 9.47 Å². The van der Waals surface area contributed by atoms with Crippen molar-refractivity contribution in [3.63, 3.8) is 0 Å². The highest BCUT2D eigenvalue weighted by molar-refractivity contribution is 5.95. The average molecular weight is 350 g/mol. The Balaban J connectivity index is 1.70. The van der Waals surface area contributed by atoms with Gasteiger partial charge in [0.15, 0.2) is 0 Å². The summed E-state index contributed by atoms with van der Waals surface area (Å²) in [6, 6.07) is 3.74. The molecular weight excluding hydrogens is 320 g/mol. The summed E-state index contributed by atoms with van der Waals surface area (Å²) in [5.74, 6) is -0.0435. The van der Waals surface area contributed by atoms with Crippen LogP contribution in [0.25, 0.3) is 0 Å². The molecule has 0 spiro atoms. The van der Waals surface area contributed by atoms with Crippen LogP contribution in [0.15, 0.2) is 18.3 Å². The van der Waals surface area contributed by atoms with Crippen molar-refractivity contribution in [2.75, 3.05) is 19.8 Å². The van der Waals surface area contributed by atoms with E-state index in [1.165, 1.54) is 0 Å². The normalized spacial score (nSPS) is 18.2. The third kappa shape index (κ3) is 6.53. The zero-order chi connectivity index (χ0) is 18.3. The Bertz CT molecular complexity index is 548. The second kappa shape index (κ2) is 9.04. The van der Waals surface area contributed by atoms with Crippen LogP contribution >= 0.6 is 0 Å². The number of hydrogen-bond acceptors (Lipinski definition) is 4. The Morgan fingerprint density at radius 3 is 2.80 bits per heavy atom. The lowest BCUT2D eigenvalue weighted by Crippen LogP contribution is -2.46. The smallest absolute Gasteiger partial charge is 0.410 e. The first-order chi connectivity index (χ1) is 11.9. The molecular formula is C19H30N2O4. The molecule has 0 aromatic carbocycles. The molecule has 0 radical (unpaired) electrons. The Labute approximate surface area is 149 Å². The minimum atomic E-state index is -0.472. The van der Waals surface area contributed by atoms with Gasteiger partial charge in [0.1, 0.15) is 12.2 Å². The van der Waals surface area contributed by atoms with E-state index in [1.54, 1.807) is 18.3 Å². The summed E-state index contributed by atoms with van der Waals surface area (Å²) >= 11 is 0. The molecule has 0 aliphatic carbocycles. The number of nitrogens with zero attached hydrogens (tertiary/aromatic N) is 1. The van der Waals surface area contributed by atoms with E-state index >= 15 is 0 Å². The van der Waals surface area contributed by atoms with E-state index < -0.39 is 5.60 Å². The summed E-state index contributed by atoms with van der Waals surface area (Å²) in [6.07, 6.45) is 6.35. The Kier molecular flexibility index (Phi) is 7.05. The van der Waals surface area contributed by atoms with E-state index in [2.05, 4.69) is 4.98 Å². The minimum absolute atomic E-state index is 0.0435. The van der Waals surface area contributed by atoms with Crippen molar-refractivity contribution in [2.45, 2.75) is 64.5 Å². The van der Waals surface area contributed by atoms with Crippen molar-refractivity contribution in [2.24, 2.45) is 0 Å². The van der Waals surface area contributed by atoms with Crippen molar-refractivity contribution in [3.05, 3.63) is 24.0 Å². The van der Waals surface area contributed by atoms with Crippen LogP contribution in [0, 0.1) is 0 Å². The largest absolute Gasteiger partial charge is 0.444 e. The molecule has 1 aromatic rings. The number of Topliss-reactive ketones (excluding diaryl/α,β-unsaturated/α-hetero) is 1. The molecule has 25 heavy (non-hydrogen) atoms. The van der Waals surface area contributed by atoms with E-state index in [9.17, 15) is 9.59 Å². The van der Waals surface area contributed by atoms with Crippen LogP contribution in [0.1, 0.15) is 63.4 Å². The van der Waals surface area contributed by atoms with E-state index in [-0.39, 0.29) is 24.5 Å². The van der Waals surface area contributed by atoms with Crippen molar-refractivity contribution >= 4 is 11.9 Å². The van der Waals surface area contributed by atoms with E-state index in [4.69, 9.17) is 9.47 Å². The second-order valence-electron chi connectivity index (χ2n) is 7.53. The molecule has 140 valence electrons. The number of carbonyl (C=O) groups is 2. The van der Waals surface area contributed by atoms with Crippen molar-refractivity contribution < 1.29 is 19.1 Å². The fraction of sp³-hybridized carbons (Fsp3) is 0.684. The molecule has 1 fully saturated rings. The fourth-order valence-corrected chi connectivity index (χ4v) is 3.03. The molecule has 1 N–H and O–H groups in total. The first kappa shape index (κ1) is 19.5. The van der Waals surface area contributed by atoms with Gasteiger partial charge >= 0.3 is 6.09 Å². The molecule has 1 saturated heterocycles. The summed E-state index contributed by atoms with van der Waals surface area (Å²) in [7, 11) is 0.